The van der Waals surface area contributed by atoms with E-state index in [1.54, 1.807) is 0 Å². The topological polar surface area (TPSA) is 17.1 Å². The minimum atomic E-state index is 0.271. The third-order valence-electron chi connectivity index (χ3n) is 4.31. The first kappa shape index (κ1) is 12.3. The second-order valence-electron chi connectivity index (χ2n) is 5.35. The summed E-state index contributed by atoms with van der Waals surface area (Å²) in [6.45, 7) is 8.56. The monoisotopic (exact) mass is 230 g/mol. The first-order chi connectivity index (χ1) is 8.04. The first-order valence-corrected chi connectivity index (χ1v) is 6.65. The van der Waals surface area contributed by atoms with E-state index in [0.29, 0.717) is 12.2 Å². The van der Waals surface area contributed by atoms with E-state index < -0.39 is 0 Å². The van der Waals surface area contributed by atoms with Gasteiger partial charge in [-0.1, -0.05) is 13.0 Å². The summed E-state index contributed by atoms with van der Waals surface area (Å²) in [4.78, 5) is 11.9. The van der Waals surface area contributed by atoms with Gasteiger partial charge in [0, 0.05) is 12.3 Å². The van der Waals surface area contributed by atoms with Crippen LogP contribution in [0, 0.1) is 26.7 Å². The molecule has 1 aliphatic rings. The molecule has 0 fully saturated rings. The van der Waals surface area contributed by atoms with Crippen LogP contribution in [-0.4, -0.2) is 5.78 Å². The molecule has 1 atom stereocenters. The molecule has 0 spiro atoms. The number of carbonyl (C=O) groups is 1. The smallest absolute Gasteiger partial charge is 0.136 e. The maximum atomic E-state index is 11.9. The van der Waals surface area contributed by atoms with Crippen molar-refractivity contribution >= 4 is 5.78 Å². The van der Waals surface area contributed by atoms with Crippen LogP contribution in [0.2, 0.25) is 0 Å². The Morgan fingerprint density at radius 1 is 1.24 bits per heavy atom. The van der Waals surface area contributed by atoms with Gasteiger partial charge in [0.05, 0.1) is 0 Å². The molecule has 1 aromatic carbocycles. The Hall–Kier alpha value is -1.11. The summed E-state index contributed by atoms with van der Waals surface area (Å²) in [5.41, 5.74) is 7.14. The van der Waals surface area contributed by atoms with Crippen molar-refractivity contribution in [1.29, 1.82) is 0 Å². The molecule has 0 saturated carbocycles. The highest BCUT2D eigenvalue weighted by molar-refractivity contribution is 5.81. The molecule has 0 amide bonds. The fraction of sp³-hybridized carbons (Fsp3) is 0.562. The molecule has 0 unspecified atom stereocenters. The van der Waals surface area contributed by atoms with E-state index in [9.17, 15) is 4.79 Å². The van der Waals surface area contributed by atoms with Crippen LogP contribution in [0.4, 0.5) is 0 Å². The van der Waals surface area contributed by atoms with E-state index in [1.165, 1.54) is 27.8 Å². The van der Waals surface area contributed by atoms with Gasteiger partial charge < -0.3 is 0 Å². The largest absolute Gasteiger partial charge is 0.299 e. The average Bonchev–Trinajstić information content (AvgIpc) is 2.34. The van der Waals surface area contributed by atoms with E-state index in [0.717, 1.165) is 19.3 Å². The molecule has 0 aliphatic heterocycles. The molecule has 1 nitrogen and oxygen atoms in total. The van der Waals surface area contributed by atoms with Gasteiger partial charge in [0.15, 0.2) is 0 Å². The second kappa shape index (κ2) is 4.64. The molecule has 1 heteroatoms. The molecule has 0 N–H and O–H groups in total. The lowest BCUT2D eigenvalue weighted by molar-refractivity contribution is -0.122. The number of benzene rings is 1. The number of ketones is 1. The van der Waals surface area contributed by atoms with Crippen molar-refractivity contribution in [2.45, 2.75) is 53.4 Å². The summed E-state index contributed by atoms with van der Waals surface area (Å²) in [6, 6.07) is 2.29. The Labute approximate surface area is 104 Å². The van der Waals surface area contributed by atoms with Crippen molar-refractivity contribution in [3.05, 3.63) is 33.9 Å². The molecule has 0 heterocycles. The van der Waals surface area contributed by atoms with Gasteiger partial charge in [0.1, 0.15) is 5.78 Å². The van der Waals surface area contributed by atoms with Crippen LogP contribution >= 0.6 is 0 Å². The Kier molecular flexibility index (Phi) is 3.37. The minimum Gasteiger partial charge on any atom is -0.299 e. The molecular formula is C16H22O. The van der Waals surface area contributed by atoms with Gasteiger partial charge >= 0.3 is 0 Å². The van der Waals surface area contributed by atoms with Gasteiger partial charge in [-0.2, -0.15) is 0 Å². The molecule has 1 aromatic rings. The molecule has 2 rings (SSSR count). The lowest BCUT2D eigenvalue weighted by atomic mass is 9.77. The standard InChI is InChI=1S/C16H22O/c1-5-16(17)13-6-7-14-11(3)8-10(2)12(4)15(14)9-13/h8,13H,5-7,9H2,1-4H3/t13-/m1/s1. The average molecular weight is 230 g/mol. The highest BCUT2D eigenvalue weighted by Crippen LogP contribution is 2.32. The van der Waals surface area contributed by atoms with Gasteiger partial charge in [-0.15, -0.1) is 0 Å². The summed E-state index contributed by atoms with van der Waals surface area (Å²) >= 11 is 0. The summed E-state index contributed by atoms with van der Waals surface area (Å²) in [5.74, 6) is 0.710. The zero-order chi connectivity index (χ0) is 12.6. The van der Waals surface area contributed by atoms with Crippen molar-refractivity contribution in [3.8, 4) is 0 Å². The summed E-state index contributed by atoms with van der Waals surface area (Å²) in [7, 11) is 0. The lowest BCUT2D eigenvalue weighted by Crippen LogP contribution is -2.23. The fourth-order valence-corrected chi connectivity index (χ4v) is 3.08. The first-order valence-electron chi connectivity index (χ1n) is 6.65. The minimum absolute atomic E-state index is 0.271. The zero-order valence-corrected chi connectivity index (χ0v) is 11.4. The molecule has 0 bridgehead atoms. The Morgan fingerprint density at radius 2 is 1.94 bits per heavy atom. The van der Waals surface area contributed by atoms with Crippen LogP contribution in [0.1, 0.15) is 47.6 Å². The van der Waals surface area contributed by atoms with Crippen LogP contribution < -0.4 is 0 Å². The SMILES string of the molecule is CCC(=O)[C@@H]1CCc2c(C)cc(C)c(C)c2C1. The van der Waals surface area contributed by atoms with Crippen molar-refractivity contribution < 1.29 is 4.79 Å². The summed E-state index contributed by atoms with van der Waals surface area (Å²) in [5, 5.41) is 0. The number of carbonyl (C=O) groups excluding carboxylic acids is 1. The van der Waals surface area contributed by atoms with E-state index in [2.05, 4.69) is 26.8 Å². The molecule has 92 valence electrons. The Bertz CT molecular complexity index is 457. The Morgan fingerprint density at radius 3 is 2.59 bits per heavy atom. The van der Waals surface area contributed by atoms with Crippen LogP contribution in [0.25, 0.3) is 0 Å². The van der Waals surface area contributed by atoms with E-state index in [1.807, 2.05) is 6.92 Å². The highest BCUT2D eigenvalue weighted by Gasteiger charge is 2.25. The number of aryl methyl sites for hydroxylation is 2. The third kappa shape index (κ3) is 2.15. The molecule has 1 aliphatic carbocycles. The van der Waals surface area contributed by atoms with Crippen molar-refractivity contribution in [1.82, 2.24) is 0 Å². The van der Waals surface area contributed by atoms with Crippen molar-refractivity contribution in [2.75, 3.05) is 0 Å². The lowest BCUT2D eigenvalue weighted by Gasteiger charge is -2.27. The fourth-order valence-electron chi connectivity index (χ4n) is 3.08. The molecule has 0 radical (unpaired) electrons. The van der Waals surface area contributed by atoms with Gasteiger partial charge in [0.25, 0.3) is 0 Å². The van der Waals surface area contributed by atoms with Gasteiger partial charge in [-0.3, -0.25) is 4.79 Å². The summed E-state index contributed by atoms with van der Waals surface area (Å²) in [6.07, 6.45) is 3.78. The van der Waals surface area contributed by atoms with E-state index in [4.69, 9.17) is 0 Å². The second-order valence-corrected chi connectivity index (χ2v) is 5.35. The molecule has 0 saturated heterocycles. The van der Waals surface area contributed by atoms with E-state index >= 15 is 0 Å². The molecule has 0 aromatic heterocycles. The predicted molar refractivity (Wildman–Crippen MR) is 71.5 cm³/mol. The van der Waals surface area contributed by atoms with Crippen molar-refractivity contribution in [3.63, 3.8) is 0 Å². The van der Waals surface area contributed by atoms with Gasteiger partial charge in [-0.05, 0) is 67.9 Å². The van der Waals surface area contributed by atoms with Crippen LogP contribution in [0.3, 0.4) is 0 Å². The number of hydrogen-bond donors (Lipinski definition) is 0. The summed E-state index contributed by atoms with van der Waals surface area (Å²) < 4.78 is 0. The van der Waals surface area contributed by atoms with Crippen LogP contribution in [0.5, 0.6) is 0 Å². The number of rotatable bonds is 2. The predicted octanol–water partition coefficient (Wildman–Crippen LogP) is 3.70. The van der Waals surface area contributed by atoms with E-state index in [-0.39, 0.29) is 5.92 Å². The molecular weight excluding hydrogens is 208 g/mol. The quantitative estimate of drug-likeness (QED) is 0.757. The number of fused-ring (bicyclic) bond motifs is 1. The number of Topliss-reactive ketones (excluding diaryl/α,β-unsaturated/α-hetero) is 1. The molecule has 17 heavy (non-hydrogen) atoms. The van der Waals surface area contributed by atoms with Crippen molar-refractivity contribution in [2.24, 2.45) is 5.92 Å². The number of hydrogen-bond acceptors (Lipinski definition) is 1. The van der Waals surface area contributed by atoms with Crippen LogP contribution in [-0.2, 0) is 17.6 Å². The van der Waals surface area contributed by atoms with Crippen LogP contribution in [0.15, 0.2) is 6.07 Å². The zero-order valence-electron chi connectivity index (χ0n) is 11.4. The maximum absolute atomic E-state index is 11.9. The highest BCUT2D eigenvalue weighted by atomic mass is 16.1. The Balaban J connectivity index is 2.40. The maximum Gasteiger partial charge on any atom is 0.136 e. The normalized spacial score (nSPS) is 18.9. The third-order valence-corrected chi connectivity index (χ3v) is 4.31. The van der Waals surface area contributed by atoms with Gasteiger partial charge in [0.2, 0.25) is 0 Å². The van der Waals surface area contributed by atoms with Gasteiger partial charge in [-0.25, -0.2) is 0 Å².